The quantitative estimate of drug-likeness (QED) is 0.384. The van der Waals surface area contributed by atoms with Gasteiger partial charge in [0.1, 0.15) is 0 Å². The highest BCUT2D eigenvalue weighted by Gasteiger charge is 2.33. The Labute approximate surface area is 188 Å². The molecule has 0 fully saturated rings. The summed E-state index contributed by atoms with van der Waals surface area (Å²) in [5.41, 5.74) is 3.14. The van der Waals surface area contributed by atoms with Crippen LogP contribution in [0.4, 0.5) is 13.2 Å². The maximum Gasteiger partial charge on any atom is 0.417 e. The average Bonchev–Trinajstić information content (AvgIpc) is 3.25. The second-order valence-corrected chi connectivity index (χ2v) is 7.53. The van der Waals surface area contributed by atoms with Crippen molar-refractivity contribution in [2.45, 2.75) is 19.1 Å². The maximum atomic E-state index is 13.4. The zero-order valence-corrected chi connectivity index (χ0v) is 17.3. The zero-order chi connectivity index (χ0) is 23.4. The summed E-state index contributed by atoms with van der Waals surface area (Å²) < 4.78 is 42.2. The molecule has 4 aromatic rings. The average molecular weight is 442 g/mol. The lowest BCUT2D eigenvalue weighted by molar-refractivity contribution is -0.137. The molecular formula is C26H17F3N4. The standard InChI is InChI=1S/C26H17F3N4/c27-26(28,29)25-4-2-1-3-24(25)20-9-10-21(22(12-20)14-31)16-33-17-32-15-23(33)11-18-5-7-19(13-30)8-6-18/h1-10,12,15,17H,11,16H2. The van der Waals surface area contributed by atoms with E-state index in [1.165, 1.54) is 18.2 Å². The second-order valence-electron chi connectivity index (χ2n) is 7.53. The van der Waals surface area contributed by atoms with Gasteiger partial charge in [-0.3, -0.25) is 0 Å². The molecule has 0 aliphatic carbocycles. The largest absolute Gasteiger partial charge is 0.417 e. The van der Waals surface area contributed by atoms with Crippen molar-refractivity contribution in [2.24, 2.45) is 0 Å². The van der Waals surface area contributed by atoms with Crippen molar-refractivity contribution in [3.63, 3.8) is 0 Å². The lowest BCUT2D eigenvalue weighted by Crippen LogP contribution is -2.08. The fourth-order valence-corrected chi connectivity index (χ4v) is 3.70. The first kappa shape index (κ1) is 21.9. The minimum atomic E-state index is -4.49. The number of hydrogen-bond donors (Lipinski definition) is 0. The van der Waals surface area contributed by atoms with Crippen molar-refractivity contribution < 1.29 is 13.2 Å². The van der Waals surface area contributed by atoms with Crippen molar-refractivity contribution >= 4 is 0 Å². The zero-order valence-electron chi connectivity index (χ0n) is 17.3. The number of halogens is 3. The minimum Gasteiger partial charge on any atom is -0.330 e. The van der Waals surface area contributed by atoms with Gasteiger partial charge in [0.05, 0.1) is 41.7 Å². The Hall–Kier alpha value is -4.36. The summed E-state index contributed by atoms with van der Waals surface area (Å²) >= 11 is 0. The van der Waals surface area contributed by atoms with E-state index in [4.69, 9.17) is 5.26 Å². The molecule has 0 bridgehead atoms. The molecular weight excluding hydrogens is 425 g/mol. The SMILES string of the molecule is N#Cc1ccc(Cc2cncn2Cc2ccc(-c3ccccc3C(F)(F)F)cc2C#N)cc1. The van der Waals surface area contributed by atoms with E-state index in [2.05, 4.69) is 17.1 Å². The summed E-state index contributed by atoms with van der Waals surface area (Å²) in [5.74, 6) is 0. The maximum absolute atomic E-state index is 13.4. The molecule has 0 saturated heterocycles. The van der Waals surface area contributed by atoms with Crippen LogP contribution in [0.5, 0.6) is 0 Å². The molecule has 0 unspecified atom stereocenters. The normalized spacial score (nSPS) is 11.1. The number of imidazole rings is 1. The molecule has 0 saturated carbocycles. The number of benzene rings is 3. The number of nitriles is 2. The highest BCUT2D eigenvalue weighted by atomic mass is 19.4. The van der Waals surface area contributed by atoms with Gasteiger partial charge in [-0.15, -0.1) is 0 Å². The summed E-state index contributed by atoms with van der Waals surface area (Å²) in [6.07, 6.45) is -0.505. The summed E-state index contributed by atoms with van der Waals surface area (Å²) in [7, 11) is 0. The smallest absolute Gasteiger partial charge is 0.330 e. The molecule has 162 valence electrons. The third-order valence-electron chi connectivity index (χ3n) is 5.38. The van der Waals surface area contributed by atoms with Crippen molar-refractivity contribution in [3.8, 4) is 23.3 Å². The summed E-state index contributed by atoms with van der Waals surface area (Å²) in [5, 5.41) is 18.6. The van der Waals surface area contributed by atoms with E-state index in [1.807, 2.05) is 16.7 Å². The number of alkyl halides is 3. The summed E-state index contributed by atoms with van der Waals surface area (Å²) in [6.45, 7) is 0.357. The molecule has 1 aromatic heterocycles. The van der Waals surface area contributed by atoms with Gasteiger partial charge in [0.15, 0.2) is 0 Å². The van der Waals surface area contributed by atoms with Gasteiger partial charge < -0.3 is 4.57 Å². The molecule has 0 aliphatic rings. The van der Waals surface area contributed by atoms with Crippen LogP contribution in [0.15, 0.2) is 79.3 Å². The third kappa shape index (κ3) is 4.78. The van der Waals surface area contributed by atoms with E-state index < -0.39 is 11.7 Å². The highest BCUT2D eigenvalue weighted by molar-refractivity contribution is 5.70. The summed E-state index contributed by atoms with van der Waals surface area (Å²) in [6, 6.07) is 21.6. The number of aromatic nitrogens is 2. The molecule has 3 aromatic carbocycles. The molecule has 0 spiro atoms. The minimum absolute atomic E-state index is 0.0391. The molecule has 0 amide bonds. The van der Waals surface area contributed by atoms with E-state index in [1.54, 1.807) is 42.9 Å². The Morgan fingerprint density at radius 3 is 2.36 bits per heavy atom. The predicted octanol–water partition coefficient (Wildman–Crippen LogP) is 5.95. The van der Waals surface area contributed by atoms with Crippen LogP contribution in [0.2, 0.25) is 0 Å². The van der Waals surface area contributed by atoms with Gasteiger partial charge in [-0.1, -0.05) is 42.5 Å². The van der Waals surface area contributed by atoms with Crippen LogP contribution < -0.4 is 0 Å². The van der Waals surface area contributed by atoms with Crippen molar-refractivity contribution in [1.29, 1.82) is 10.5 Å². The molecule has 33 heavy (non-hydrogen) atoms. The molecule has 0 aliphatic heterocycles. The van der Waals surface area contributed by atoms with Crippen molar-refractivity contribution in [1.82, 2.24) is 9.55 Å². The van der Waals surface area contributed by atoms with Gasteiger partial charge in [-0.25, -0.2) is 4.98 Å². The first-order valence-electron chi connectivity index (χ1n) is 10.1. The lowest BCUT2D eigenvalue weighted by atomic mass is 9.95. The first-order chi connectivity index (χ1) is 15.9. The Kier molecular flexibility index (Phi) is 5.97. The topological polar surface area (TPSA) is 65.4 Å². The number of nitrogens with zero attached hydrogens (tertiary/aromatic N) is 4. The monoisotopic (exact) mass is 442 g/mol. The van der Waals surface area contributed by atoms with Crippen LogP contribution in [0, 0.1) is 22.7 Å². The third-order valence-corrected chi connectivity index (χ3v) is 5.38. The number of rotatable bonds is 5. The van der Waals surface area contributed by atoms with Gasteiger partial charge in [0, 0.05) is 18.3 Å². The van der Waals surface area contributed by atoms with Gasteiger partial charge >= 0.3 is 6.18 Å². The van der Waals surface area contributed by atoms with Gasteiger partial charge in [0.25, 0.3) is 0 Å². The molecule has 4 nitrogen and oxygen atoms in total. The van der Waals surface area contributed by atoms with E-state index in [-0.39, 0.29) is 5.56 Å². The number of hydrogen-bond acceptors (Lipinski definition) is 3. The van der Waals surface area contributed by atoms with Gasteiger partial charge in [-0.05, 0) is 46.5 Å². The fraction of sp³-hybridized carbons (Fsp3) is 0.115. The molecule has 7 heteroatoms. The Morgan fingerprint density at radius 2 is 1.67 bits per heavy atom. The Bertz CT molecular complexity index is 1370. The van der Waals surface area contributed by atoms with Crippen LogP contribution in [0.1, 0.15) is 33.5 Å². The van der Waals surface area contributed by atoms with E-state index in [9.17, 15) is 18.4 Å². The first-order valence-corrected chi connectivity index (χ1v) is 10.1. The predicted molar refractivity (Wildman–Crippen MR) is 117 cm³/mol. The van der Waals surface area contributed by atoms with Crippen molar-refractivity contribution in [2.75, 3.05) is 0 Å². The summed E-state index contributed by atoms with van der Waals surface area (Å²) in [4.78, 5) is 4.21. The second kappa shape index (κ2) is 9.02. The van der Waals surface area contributed by atoms with Crippen LogP contribution in [0.3, 0.4) is 0 Å². The van der Waals surface area contributed by atoms with E-state index in [0.29, 0.717) is 35.2 Å². The molecule has 4 rings (SSSR count). The molecule has 0 radical (unpaired) electrons. The Morgan fingerprint density at radius 1 is 0.909 bits per heavy atom. The fourth-order valence-electron chi connectivity index (χ4n) is 3.70. The van der Waals surface area contributed by atoms with Gasteiger partial charge in [-0.2, -0.15) is 23.7 Å². The van der Waals surface area contributed by atoms with Crippen LogP contribution in [-0.2, 0) is 19.1 Å². The highest BCUT2D eigenvalue weighted by Crippen LogP contribution is 2.37. The van der Waals surface area contributed by atoms with Crippen LogP contribution >= 0.6 is 0 Å². The van der Waals surface area contributed by atoms with Crippen LogP contribution in [0.25, 0.3) is 11.1 Å². The molecule has 0 N–H and O–H groups in total. The van der Waals surface area contributed by atoms with Crippen molar-refractivity contribution in [3.05, 3.63) is 113 Å². The molecule has 1 heterocycles. The van der Waals surface area contributed by atoms with E-state index >= 15 is 0 Å². The Balaban J connectivity index is 1.62. The molecule has 0 atom stereocenters. The van der Waals surface area contributed by atoms with Gasteiger partial charge in [0.2, 0.25) is 0 Å². The van der Waals surface area contributed by atoms with E-state index in [0.717, 1.165) is 17.3 Å². The lowest BCUT2D eigenvalue weighted by Gasteiger charge is -2.15. The van der Waals surface area contributed by atoms with Crippen LogP contribution in [-0.4, -0.2) is 9.55 Å².